The molecule has 2 aromatic carbocycles. The second-order valence-corrected chi connectivity index (χ2v) is 7.57. The SMILES string of the molecule is C=CCN1CCCC(Cc2ccccc2NC(=O)Nc2ccc(OC(F)(F)F)cc2)C1. The summed E-state index contributed by atoms with van der Waals surface area (Å²) in [6, 6.07) is 12.2. The lowest BCUT2D eigenvalue weighted by Crippen LogP contribution is -2.36. The molecule has 0 aromatic heterocycles. The monoisotopic (exact) mass is 433 g/mol. The van der Waals surface area contributed by atoms with Crippen molar-refractivity contribution in [3.8, 4) is 5.75 Å². The Balaban J connectivity index is 1.58. The zero-order valence-electron chi connectivity index (χ0n) is 17.1. The van der Waals surface area contributed by atoms with Crippen molar-refractivity contribution in [2.24, 2.45) is 5.92 Å². The van der Waals surface area contributed by atoms with Gasteiger partial charge in [-0.15, -0.1) is 19.8 Å². The van der Waals surface area contributed by atoms with E-state index in [2.05, 4.69) is 26.8 Å². The molecule has 1 saturated heterocycles. The number of carbonyl (C=O) groups excluding carboxylic acids is 1. The van der Waals surface area contributed by atoms with Crippen LogP contribution in [-0.2, 0) is 6.42 Å². The fourth-order valence-electron chi connectivity index (χ4n) is 3.82. The van der Waals surface area contributed by atoms with Crippen molar-refractivity contribution < 1.29 is 22.7 Å². The third-order valence-electron chi connectivity index (χ3n) is 5.11. The predicted molar refractivity (Wildman–Crippen MR) is 115 cm³/mol. The van der Waals surface area contributed by atoms with Crippen LogP contribution in [-0.4, -0.2) is 36.9 Å². The summed E-state index contributed by atoms with van der Waals surface area (Å²) in [7, 11) is 0. The topological polar surface area (TPSA) is 53.6 Å². The Morgan fingerprint density at radius 3 is 2.61 bits per heavy atom. The number of likely N-dealkylation sites (tertiary alicyclic amines) is 1. The van der Waals surface area contributed by atoms with E-state index in [0.29, 0.717) is 11.6 Å². The molecular formula is C23H26F3N3O2. The molecule has 0 saturated carbocycles. The van der Waals surface area contributed by atoms with Crippen LogP contribution in [0.1, 0.15) is 18.4 Å². The number of para-hydroxylation sites is 1. The molecule has 2 amide bonds. The number of nitrogens with zero attached hydrogens (tertiary/aromatic N) is 1. The van der Waals surface area contributed by atoms with Gasteiger partial charge in [0.25, 0.3) is 0 Å². The second kappa shape index (κ2) is 10.3. The first-order chi connectivity index (χ1) is 14.8. The molecule has 1 heterocycles. The van der Waals surface area contributed by atoms with Crippen molar-refractivity contribution in [3.63, 3.8) is 0 Å². The van der Waals surface area contributed by atoms with Gasteiger partial charge in [0.15, 0.2) is 0 Å². The number of amides is 2. The molecule has 0 bridgehead atoms. The van der Waals surface area contributed by atoms with E-state index in [1.165, 1.54) is 12.1 Å². The van der Waals surface area contributed by atoms with Crippen LogP contribution in [0.2, 0.25) is 0 Å². The highest BCUT2D eigenvalue weighted by Crippen LogP contribution is 2.26. The predicted octanol–water partition coefficient (Wildman–Crippen LogP) is 5.67. The molecule has 0 aliphatic carbocycles. The van der Waals surface area contributed by atoms with Crippen molar-refractivity contribution >= 4 is 17.4 Å². The summed E-state index contributed by atoms with van der Waals surface area (Å²) in [4.78, 5) is 14.8. The Bertz CT molecular complexity index is 884. The molecule has 0 spiro atoms. The van der Waals surface area contributed by atoms with E-state index in [4.69, 9.17) is 0 Å². The molecule has 166 valence electrons. The third-order valence-corrected chi connectivity index (χ3v) is 5.11. The normalized spacial score (nSPS) is 17.1. The number of ether oxygens (including phenoxy) is 1. The summed E-state index contributed by atoms with van der Waals surface area (Å²) in [5.74, 6) is 0.155. The summed E-state index contributed by atoms with van der Waals surface area (Å²) < 4.78 is 40.6. The van der Waals surface area contributed by atoms with Crippen LogP contribution in [0.4, 0.5) is 29.3 Å². The van der Waals surface area contributed by atoms with Crippen LogP contribution in [0.25, 0.3) is 0 Å². The number of hydrogen-bond acceptors (Lipinski definition) is 3. The molecule has 1 unspecified atom stereocenters. The van der Waals surface area contributed by atoms with Crippen LogP contribution >= 0.6 is 0 Å². The highest BCUT2D eigenvalue weighted by molar-refractivity contribution is 6.00. The summed E-state index contributed by atoms with van der Waals surface area (Å²) in [5.41, 5.74) is 2.13. The summed E-state index contributed by atoms with van der Waals surface area (Å²) in [6.07, 6.45) is 0.303. The fourth-order valence-corrected chi connectivity index (χ4v) is 3.82. The summed E-state index contributed by atoms with van der Waals surface area (Å²) in [6.45, 7) is 6.77. The maximum Gasteiger partial charge on any atom is 0.573 e. The lowest BCUT2D eigenvalue weighted by Gasteiger charge is -2.32. The minimum absolute atomic E-state index is 0.346. The second-order valence-electron chi connectivity index (χ2n) is 7.57. The molecule has 8 heteroatoms. The molecule has 31 heavy (non-hydrogen) atoms. The maximum absolute atomic E-state index is 12.4. The van der Waals surface area contributed by atoms with Gasteiger partial charge in [0.1, 0.15) is 5.75 Å². The van der Waals surface area contributed by atoms with Gasteiger partial charge in [-0.3, -0.25) is 4.90 Å². The highest BCUT2D eigenvalue weighted by Gasteiger charge is 2.31. The average Bonchev–Trinajstić information content (AvgIpc) is 2.70. The van der Waals surface area contributed by atoms with Gasteiger partial charge in [0, 0.05) is 24.5 Å². The van der Waals surface area contributed by atoms with E-state index in [0.717, 1.165) is 62.3 Å². The van der Waals surface area contributed by atoms with Crippen molar-refractivity contribution in [2.75, 3.05) is 30.3 Å². The first kappa shape index (κ1) is 22.7. The number of halogens is 3. The Morgan fingerprint density at radius 1 is 1.16 bits per heavy atom. The van der Waals surface area contributed by atoms with Gasteiger partial charge in [-0.1, -0.05) is 24.3 Å². The minimum atomic E-state index is -4.75. The Labute approximate surface area is 179 Å². The van der Waals surface area contributed by atoms with Crippen molar-refractivity contribution in [1.82, 2.24) is 4.90 Å². The third kappa shape index (κ3) is 7.32. The number of hydrogen-bond donors (Lipinski definition) is 2. The number of anilines is 2. The molecule has 1 fully saturated rings. The van der Waals surface area contributed by atoms with Crippen molar-refractivity contribution in [3.05, 3.63) is 66.7 Å². The molecule has 3 rings (SSSR count). The van der Waals surface area contributed by atoms with E-state index in [-0.39, 0.29) is 5.75 Å². The number of rotatable bonds is 7. The first-order valence-electron chi connectivity index (χ1n) is 10.2. The van der Waals surface area contributed by atoms with Crippen molar-refractivity contribution in [1.29, 1.82) is 0 Å². The number of alkyl halides is 3. The van der Waals surface area contributed by atoms with Crippen LogP contribution in [0.15, 0.2) is 61.2 Å². The number of urea groups is 1. The molecule has 0 radical (unpaired) electrons. The quantitative estimate of drug-likeness (QED) is 0.553. The fraction of sp³-hybridized carbons (Fsp3) is 0.348. The largest absolute Gasteiger partial charge is 0.573 e. The van der Waals surface area contributed by atoms with Gasteiger partial charge in [-0.05, 0) is 67.6 Å². The van der Waals surface area contributed by atoms with E-state index in [1.54, 1.807) is 0 Å². The van der Waals surface area contributed by atoms with E-state index < -0.39 is 12.4 Å². The lowest BCUT2D eigenvalue weighted by atomic mass is 9.90. The maximum atomic E-state index is 12.4. The number of nitrogens with one attached hydrogen (secondary N) is 2. The highest BCUT2D eigenvalue weighted by atomic mass is 19.4. The Kier molecular flexibility index (Phi) is 7.57. The lowest BCUT2D eigenvalue weighted by molar-refractivity contribution is -0.274. The molecule has 5 nitrogen and oxygen atoms in total. The molecule has 2 aromatic rings. The first-order valence-corrected chi connectivity index (χ1v) is 10.2. The van der Waals surface area contributed by atoms with Crippen LogP contribution in [0.5, 0.6) is 5.75 Å². The van der Waals surface area contributed by atoms with Crippen LogP contribution in [0, 0.1) is 5.92 Å². The van der Waals surface area contributed by atoms with Gasteiger partial charge in [-0.2, -0.15) is 0 Å². The number of benzene rings is 2. The van der Waals surface area contributed by atoms with Crippen LogP contribution in [0.3, 0.4) is 0 Å². The summed E-state index contributed by atoms with van der Waals surface area (Å²) >= 11 is 0. The van der Waals surface area contributed by atoms with Gasteiger partial charge in [0.2, 0.25) is 0 Å². The number of carbonyl (C=O) groups is 1. The van der Waals surface area contributed by atoms with Gasteiger partial charge in [0.05, 0.1) is 0 Å². The summed E-state index contributed by atoms with van der Waals surface area (Å²) in [5, 5.41) is 5.48. The Morgan fingerprint density at radius 2 is 1.90 bits per heavy atom. The van der Waals surface area contributed by atoms with Crippen LogP contribution < -0.4 is 15.4 Å². The van der Waals surface area contributed by atoms with Gasteiger partial charge >= 0.3 is 12.4 Å². The standard InChI is InChI=1S/C23H26F3N3O2/c1-2-13-29-14-5-6-17(16-29)15-18-7-3-4-8-21(18)28-22(30)27-19-9-11-20(12-10-19)31-23(24,25)26/h2-4,7-12,17H,1,5-6,13-16H2,(H2,27,28,30). The molecule has 1 aliphatic heterocycles. The van der Waals surface area contributed by atoms with Gasteiger partial charge < -0.3 is 15.4 Å². The van der Waals surface area contributed by atoms with Crippen molar-refractivity contribution in [2.45, 2.75) is 25.6 Å². The average molecular weight is 433 g/mol. The molecule has 1 atom stereocenters. The zero-order chi connectivity index (χ0) is 22.3. The van der Waals surface area contributed by atoms with E-state index in [9.17, 15) is 18.0 Å². The zero-order valence-corrected chi connectivity index (χ0v) is 17.1. The Hall–Kier alpha value is -3.00. The minimum Gasteiger partial charge on any atom is -0.406 e. The van der Waals surface area contributed by atoms with E-state index in [1.807, 2.05) is 30.3 Å². The van der Waals surface area contributed by atoms with E-state index >= 15 is 0 Å². The smallest absolute Gasteiger partial charge is 0.406 e. The molecule has 1 aliphatic rings. The number of piperidine rings is 1. The molecular weight excluding hydrogens is 407 g/mol. The van der Waals surface area contributed by atoms with Gasteiger partial charge in [-0.25, -0.2) is 4.79 Å². The molecule has 2 N–H and O–H groups in total.